The van der Waals surface area contributed by atoms with E-state index in [0.29, 0.717) is 22.7 Å². The quantitative estimate of drug-likeness (QED) is 0.860. The summed E-state index contributed by atoms with van der Waals surface area (Å²) < 4.78 is 0. The summed E-state index contributed by atoms with van der Waals surface area (Å²) in [5.41, 5.74) is 3.46. The summed E-state index contributed by atoms with van der Waals surface area (Å²) in [6.45, 7) is 0. The number of aromatic nitrogens is 1. The Bertz CT molecular complexity index is 683. The van der Waals surface area contributed by atoms with Gasteiger partial charge in [0.05, 0.1) is 11.9 Å². The normalized spacial score (nSPS) is 25.8. The molecular weight excluding hydrogens is 272 g/mol. The molecule has 0 saturated heterocycles. The van der Waals surface area contributed by atoms with E-state index >= 15 is 0 Å². The lowest BCUT2D eigenvalue weighted by Gasteiger charge is -2.08. The van der Waals surface area contributed by atoms with E-state index in [1.165, 1.54) is 11.1 Å². The topological polar surface area (TPSA) is 42.0 Å². The SMILES string of the molecule is O=C(Nc1ccc(Cl)nc1)C1C2Cc3ccccc3C21. The number of amides is 1. The van der Waals surface area contributed by atoms with Crippen LogP contribution in [0.3, 0.4) is 0 Å². The van der Waals surface area contributed by atoms with Gasteiger partial charge in [-0.05, 0) is 41.5 Å². The molecule has 1 aromatic carbocycles. The second-order valence-corrected chi connectivity index (χ2v) is 5.86. The molecule has 100 valence electrons. The fourth-order valence-electron chi connectivity index (χ4n) is 3.38. The predicted molar refractivity (Wildman–Crippen MR) is 77.7 cm³/mol. The molecule has 1 heterocycles. The van der Waals surface area contributed by atoms with Crippen LogP contribution in [0.25, 0.3) is 0 Å². The maximum absolute atomic E-state index is 12.3. The van der Waals surface area contributed by atoms with Crippen LogP contribution in [0.4, 0.5) is 5.69 Å². The maximum Gasteiger partial charge on any atom is 0.228 e. The first-order chi connectivity index (χ1) is 9.74. The number of halogens is 1. The lowest BCUT2D eigenvalue weighted by atomic mass is 10.0. The molecule has 2 aliphatic rings. The average Bonchev–Trinajstić information content (AvgIpc) is 3.04. The number of nitrogens with zero attached hydrogens (tertiary/aromatic N) is 1. The molecule has 2 aliphatic carbocycles. The van der Waals surface area contributed by atoms with Crippen molar-refractivity contribution in [1.82, 2.24) is 4.98 Å². The Kier molecular flexibility index (Phi) is 2.57. The van der Waals surface area contributed by atoms with Crippen molar-refractivity contribution in [1.29, 1.82) is 0 Å². The molecule has 0 aliphatic heterocycles. The van der Waals surface area contributed by atoms with Crippen molar-refractivity contribution in [2.24, 2.45) is 11.8 Å². The van der Waals surface area contributed by atoms with Crippen LogP contribution >= 0.6 is 11.6 Å². The van der Waals surface area contributed by atoms with E-state index in [1.54, 1.807) is 18.3 Å². The second-order valence-electron chi connectivity index (χ2n) is 5.48. The van der Waals surface area contributed by atoms with Crippen LogP contribution in [0.2, 0.25) is 5.15 Å². The summed E-state index contributed by atoms with van der Waals surface area (Å²) in [5, 5.41) is 3.36. The monoisotopic (exact) mass is 284 g/mol. The molecule has 3 unspecified atom stereocenters. The smallest absolute Gasteiger partial charge is 0.228 e. The summed E-state index contributed by atoms with van der Waals surface area (Å²) in [5.74, 6) is 1.10. The van der Waals surface area contributed by atoms with Crippen molar-refractivity contribution in [3.05, 3.63) is 58.9 Å². The number of carbonyl (C=O) groups is 1. The van der Waals surface area contributed by atoms with Gasteiger partial charge in [0.15, 0.2) is 0 Å². The number of nitrogens with one attached hydrogen (secondary N) is 1. The molecule has 20 heavy (non-hydrogen) atoms. The van der Waals surface area contributed by atoms with Gasteiger partial charge in [-0.25, -0.2) is 4.98 Å². The molecule has 3 nitrogen and oxygen atoms in total. The Labute approximate surface area is 122 Å². The number of benzene rings is 1. The van der Waals surface area contributed by atoms with Crippen molar-refractivity contribution < 1.29 is 4.79 Å². The van der Waals surface area contributed by atoms with E-state index in [2.05, 4.69) is 34.6 Å². The summed E-state index contributed by atoms with van der Waals surface area (Å²) in [4.78, 5) is 16.3. The Morgan fingerprint density at radius 2 is 2.10 bits per heavy atom. The lowest BCUT2D eigenvalue weighted by Crippen LogP contribution is -2.17. The van der Waals surface area contributed by atoms with Gasteiger partial charge in [0.1, 0.15) is 5.15 Å². The molecule has 0 spiro atoms. The maximum atomic E-state index is 12.3. The lowest BCUT2D eigenvalue weighted by molar-refractivity contribution is -0.117. The molecule has 1 N–H and O–H groups in total. The van der Waals surface area contributed by atoms with E-state index in [1.807, 2.05) is 0 Å². The van der Waals surface area contributed by atoms with E-state index in [0.717, 1.165) is 6.42 Å². The Balaban J connectivity index is 1.49. The fourth-order valence-corrected chi connectivity index (χ4v) is 3.50. The molecule has 2 aromatic rings. The predicted octanol–water partition coefficient (Wildman–Crippen LogP) is 3.26. The molecule has 1 amide bonds. The van der Waals surface area contributed by atoms with E-state index < -0.39 is 0 Å². The Hall–Kier alpha value is -1.87. The minimum absolute atomic E-state index is 0.0959. The van der Waals surface area contributed by atoms with Gasteiger partial charge in [-0.1, -0.05) is 35.9 Å². The number of hydrogen-bond acceptors (Lipinski definition) is 2. The molecule has 4 rings (SSSR count). The van der Waals surface area contributed by atoms with E-state index in [-0.39, 0.29) is 11.8 Å². The standard InChI is InChI=1S/C16H13ClN2O/c17-13-6-5-10(8-18-13)19-16(20)15-12-7-9-3-1-2-4-11(9)14(12)15/h1-6,8,12,14-15H,7H2,(H,19,20). The van der Waals surface area contributed by atoms with Crippen LogP contribution < -0.4 is 5.32 Å². The van der Waals surface area contributed by atoms with Gasteiger partial charge in [-0.2, -0.15) is 0 Å². The molecule has 1 fully saturated rings. The number of fused-ring (bicyclic) bond motifs is 3. The highest BCUT2D eigenvalue weighted by atomic mass is 35.5. The van der Waals surface area contributed by atoms with Crippen LogP contribution in [0.1, 0.15) is 17.0 Å². The minimum Gasteiger partial charge on any atom is -0.324 e. The first-order valence-electron chi connectivity index (χ1n) is 6.74. The van der Waals surface area contributed by atoms with Gasteiger partial charge < -0.3 is 5.32 Å². The van der Waals surface area contributed by atoms with Gasteiger partial charge in [0.2, 0.25) is 5.91 Å². The summed E-state index contributed by atoms with van der Waals surface area (Å²) in [6, 6.07) is 11.9. The summed E-state index contributed by atoms with van der Waals surface area (Å²) in [6.07, 6.45) is 2.62. The molecule has 0 radical (unpaired) electrons. The van der Waals surface area contributed by atoms with Crippen molar-refractivity contribution >= 4 is 23.2 Å². The summed E-state index contributed by atoms with van der Waals surface area (Å²) >= 11 is 5.73. The third-order valence-corrected chi connectivity index (χ3v) is 4.56. The number of rotatable bonds is 2. The van der Waals surface area contributed by atoms with Crippen LogP contribution in [-0.2, 0) is 11.2 Å². The first kappa shape index (κ1) is 11.9. The highest BCUT2D eigenvalue weighted by molar-refractivity contribution is 6.29. The molecular formula is C16H13ClN2O. The number of anilines is 1. The number of hydrogen-bond donors (Lipinski definition) is 1. The Morgan fingerprint density at radius 3 is 2.90 bits per heavy atom. The van der Waals surface area contributed by atoms with Crippen LogP contribution in [0.15, 0.2) is 42.6 Å². The number of pyridine rings is 1. The molecule has 1 saturated carbocycles. The van der Waals surface area contributed by atoms with Crippen molar-refractivity contribution in [3.63, 3.8) is 0 Å². The first-order valence-corrected chi connectivity index (χ1v) is 7.12. The van der Waals surface area contributed by atoms with E-state index in [4.69, 9.17) is 11.6 Å². The van der Waals surface area contributed by atoms with Crippen LogP contribution in [-0.4, -0.2) is 10.9 Å². The molecule has 3 atom stereocenters. The van der Waals surface area contributed by atoms with Gasteiger partial charge >= 0.3 is 0 Å². The fraction of sp³-hybridized carbons (Fsp3) is 0.250. The van der Waals surface area contributed by atoms with Gasteiger partial charge in [0, 0.05) is 5.92 Å². The average molecular weight is 285 g/mol. The zero-order valence-electron chi connectivity index (χ0n) is 10.7. The molecule has 0 bridgehead atoms. The van der Waals surface area contributed by atoms with Gasteiger partial charge in [0.25, 0.3) is 0 Å². The zero-order chi connectivity index (χ0) is 13.7. The molecule has 4 heteroatoms. The van der Waals surface area contributed by atoms with Gasteiger partial charge in [-0.3, -0.25) is 4.79 Å². The van der Waals surface area contributed by atoms with Crippen LogP contribution in [0.5, 0.6) is 0 Å². The van der Waals surface area contributed by atoms with Gasteiger partial charge in [-0.15, -0.1) is 0 Å². The largest absolute Gasteiger partial charge is 0.324 e. The third kappa shape index (κ3) is 1.81. The van der Waals surface area contributed by atoms with Crippen LogP contribution in [0, 0.1) is 11.8 Å². The highest BCUT2D eigenvalue weighted by Gasteiger charge is 2.59. The zero-order valence-corrected chi connectivity index (χ0v) is 11.5. The highest BCUT2D eigenvalue weighted by Crippen LogP contribution is 2.61. The number of carbonyl (C=O) groups excluding carboxylic acids is 1. The third-order valence-electron chi connectivity index (χ3n) is 4.34. The Morgan fingerprint density at radius 1 is 1.25 bits per heavy atom. The van der Waals surface area contributed by atoms with Crippen molar-refractivity contribution in [2.75, 3.05) is 5.32 Å². The van der Waals surface area contributed by atoms with Crippen molar-refractivity contribution in [3.8, 4) is 0 Å². The van der Waals surface area contributed by atoms with E-state index in [9.17, 15) is 4.79 Å². The second kappa shape index (κ2) is 4.32. The molecule has 1 aromatic heterocycles. The summed E-state index contributed by atoms with van der Waals surface area (Å²) in [7, 11) is 0. The van der Waals surface area contributed by atoms with Crippen molar-refractivity contribution in [2.45, 2.75) is 12.3 Å². The minimum atomic E-state index is 0.0959.